The van der Waals surface area contributed by atoms with E-state index in [0.29, 0.717) is 17.9 Å². The van der Waals surface area contributed by atoms with E-state index in [2.05, 4.69) is 0 Å². The molecular formula is C8H17NO3S. The largest absolute Gasteiger partial charge is 0.299 e. The maximum Gasteiger partial charge on any atom is 0.150 e. The van der Waals surface area contributed by atoms with E-state index in [1.165, 1.54) is 0 Å². The minimum Gasteiger partial charge on any atom is -0.299 e. The van der Waals surface area contributed by atoms with Crippen molar-refractivity contribution in [1.29, 1.82) is 0 Å². The fraction of sp³-hybridized carbons (Fsp3) is 1.00. The van der Waals surface area contributed by atoms with E-state index in [4.69, 9.17) is 10.7 Å². The second kappa shape index (κ2) is 3.55. The molecular weight excluding hydrogens is 190 g/mol. The molecule has 1 fully saturated rings. The van der Waals surface area contributed by atoms with Crippen molar-refractivity contribution in [2.75, 3.05) is 11.5 Å². The Labute approximate surface area is 79.3 Å². The Kier molecular flexibility index (Phi) is 2.99. The molecule has 1 saturated heterocycles. The highest BCUT2D eigenvalue weighted by molar-refractivity contribution is 7.91. The molecule has 1 rings (SSSR count). The molecule has 1 unspecified atom stereocenters. The fourth-order valence-corrected chi connectivity index (χ4v) is 3.64. The van der Waals surface area contributed by atoms with Gasteiger partial charge in [-0.1, -0.05) is 0 Å². The van der Waals surface area contributed by atoms with Crippen LogP contribution in [-0.2, 0) is 14.7 Å². The van der Waals surface area contributed by atoms with Crippen LogP contribution in [0.25, 0.3) is 0 Å². The highest BCUT2D eigenvalue weighted by atomic mass is 32.2. The van der Waals surface area contributed by atoms with Crippen molar-refractivity contribution in [2.24, 2.45) is 11.8 Å². The normalized spacial score (nSPS) is 27.8. The minimum absolute atomic E-state index is 0.212. The van der Waals surface area contributed by atoms with E-state index in [-0.39, 0.29) is 5.92 Å². The molecule has 0 spiro atoms. The summed E-state index contributed by atoms with van der Waals surface area (Å²) in [6, 6.07) is 0. The molecule has 78 valence electrons. The predicted molar refractivity (Wildman–Crippen MR) is 50.7 cm³/mol. The van der Waals surface area contributed by atoms with E-state index in [9.17, 15) is 8.42 Å². The second-order valence-corrected chi connectivity index (χ2v) is 6.58. The first-order valence-corrected chi connectivity index (χ1v) is 6.25. The van der Waals surface area contributed by atoms with E-state index in [1.54, 1.807) is 0 Å². The average Bonchev–Trinajstić information content (AvgIpc) is 2.29. The lowest BCUT2D eigenvalue weighted by atomic mass is 9.93. The quantitative estimate of drug-likeness (QED) is 0.683. The van der Waals surface area contributed by atoms with Crippen LogP contribution in [0.4, 0.5) is 0 Å². The van der Waals surface area contributed by atoms with Gasteiger partial charge in [-0.25, -0.2) is 14.3 Å². The topological polar surface area (TPSA) is 69.4 Å². The van der Waals surface area contributed by atoms with E-state index < -0.39 is 15.4 Å². The Morgan fingerprint density at radius 3 is 2.54 bits per heavy atom. The summed E-state index contributed by atoms with van der Waals surface area (Å²) in [5.41, 5.74) is -0.412. The highest BCUT2D eigenvalue weighted by Crippen LogP contribution is 2.27. The molecule has 1 aliphatic rings. The van der Waals surface area contributed by atoms with Crippen LogP contribution in [0.15, 0.2) is 0 Å². The van der Waals surface area contributed by atoms with Gasteiger partial charge in [-0.05, 0) is 32.6 Å². The van der Waals surface area contributed by atoms with Gasteiger partial charge in [0, 0.05) is 0 Å². The van der Waals surface area contributed by atoms with Gasteiger partial charge in [0.15, 0.2) is 9.84 Å². The van der Waals surface area contributed by atoms with Crippen LogP contribution < -0.4 is 5.90 Å². The van der Waals surface area contributed by atoms with Gasteiger partial charge in [0.05, 0.1) is 17.1 Å². The van der Waals surface area contributed by atoms with Gasteiger partial charge in [0.2, 0.25) is 0 Å². The lowest BCUT2D eigenvalue weighted by molar-refractivity contribution is -0.0341. The summed E-state index contributed by atoms with van der Waals surface area (Å²) in [5.74, 6) is 5.92. The van der Waals surface area contributed by atoms with Gasteiger partial charge in [-0.3, -0.25) is 4.84 Å². The molecule has 4 nitrogen and oxygen atoms in total. The maximum absolute atomic E-state index is 11.1. The molecule has 13 heavy (non-hydrogen) atoms. The van der Waals surface area contributed by atoms with Crippen molar-refractivity contribution in [1.82, 2.24) is 0 Å². The first kappa shape index (κ1) is 10.9. The molecule has 0 aliphatic carbocycles. The van der Waals surface area contributed by atoms with Gasteiger partial charge >= 0.3 is 0 Å². The average molecular weight is 207 g/mol. The molecule has 0 saturated carbocycles. The lowest BCUT2D eigenvalue weighted by Crippen LogP contribution is -2.31. The molecule has 1 heterocycles. The number of rotatable bonds is 3. The Bertz CT molecular complexity index is 271. The summed E-state index contributed by atoms with van der Waals surface area (Å²) in [5, 5.41) is 0. The van der Waals surface area contributed by atoms with E-state index in [0.717, 1.165) is 6.42 Å². The van der Waals surface area contributed by atoms with Crippen LogP contribution in [-0.4, -0.2) is 25.5 Å². The molecule has 0 bridgehead atoms. The second-order valence-electron chi connectivity index (χ2n) is 4.35. The highest BCUT2D eigenvalue weighted by Gasteiger charge is 2.32. The van der Waals surface area contributed by atoms with E-state index in [1.807, 2.05) is 13.8 Å². The molecule has 0 radical (unpaired) electrons. The van der Waals surface area contributed by atoms with Gasteiger partial charge in [0.1, 0.15) is 0 Å². The summed E-state index contributed by atoms with van der Waals surface area (Å²) in [4.78, 5) is 4.77. The number of hydrogen-bond donors (Lipinski definition) is 1. The molecule has 2 N–H and O–H groups in total. The summed E-state index contributed by atoms with van der Waals surface area (Å²) >= 11 is 0. The van der Waals surface area contributed by atoms with Crippen LogP contribution >= 0.6 is 0 Å². The van der Waals surface area contributed by atoms with Crippen molar-refractivity contribution in [2.45, 2.75) is 32.3 Å². The number of nitrogens with two attached hydrogens (primary N) is 1. The fourth-order valence-electron chi connectivity index (χ4n) is 1.78. The third-order valence-corrected chi connectivity index (χ3v) is 4.26. The van der Waals surface area contributed by atoms with Crippen LogP contribution in [0.1, 0.15) is 26.7 Å². The van der Waals surface area contributed by atoms with Gasteiger partial charge in [0.25, 0.3) is 0 Å². The van der Waals surface area contributed by atoms with Crippen molar-refractivity contribution >= 4 is 9.84 Å². The Hall–Kier alpha value is -0.130. The lowest BCUT2D eigenvalue weighted by Gasteiger charge is -2.24. The standard InChI is InChI=1S/C8H17NO3S/c1-8(2,12-9)5-7-3-4-13(10,11)6-7/h7H,3-6,9H2,1-2H3. The maximum atomic E-state index is 11.1. The third kappa shape index (κ3) is 3.25. The summed E-state index contributed by atoms with van der Waals surface area (Å²) in [6.45, 7) is 3.75. The third-order valence-electron chi connectivity index (χ3n) is 2.43. The zero-order valence-corrected chi connectivity index (χ0v) is 8.93. The summed E-state index contributed by atoms with van der Waals surface area (Å²) < 4.78 is 22.3. The van der Waals surface area contributed by atoms with Crippen LogP contribution in [0.2, 0.25) is 0 Å². The minimum atomic E-state index is -2.77. The van der Waals surface area contributed by atoms with Gasteiger partial charge < -0.3 is 0 Å². The van der Waals surface area contributed by atoms with Crippen molar-refractivity contribution in [3.63, 3.8) is 0 Å². The SMILES string of the molecule is CC(C)(CC1CCS(=O)(=O)C1)ON. The van der Waals surface area contributed by atoms with Crippen molar-refractivity contribution < 1.29 is 13.3 Å². The van der Waals surface area contributed by atoms with Gasteiger partial charge in [-0.2, -0.15) is 0 Å². The Morgan fingerprint density at radius 2 is 2.15 bits per heavy atom. The Morgan fingerprint density at radius 1 is 1.54 bits per heavy atom. The first-order chi connectivity index (χ1) is 5.85. The predicted octanol–water partition coefficient (Wildman–Crippen LogP) is 0.480. The zero-order valence-electron chi connectivity index (χ0n) is 8.12. The smallest absolute Gasteiger partial charge is 0.150 e. The molecule has 5 heteroatoms. The summed E-state index contributed by atoms with van der Waals surface area (Å²) in [6.07, 6.45) is 1.46. The first-order valence-electron chi connectivity index (χ1n) is 4.43. The monoisotopic (exact) mass is 207 g/mol. The molecule has 0 aromatic heterocycles. The van der Waals surface area contributed by atoms with Crippen LogP contribution in [0.5, 0.6) is 0 Å². The van der Waals surface area contributed by atoms with Gasteiger partial charge in [-0.15, -0.1) is 0 Å². The number of sulfone groups is 1. The van der Waals surface area contributed by atoms with Crippen LogP contribution in [0.3, 0.4) is 0 Å². The summed E-state index contributed by atoms with van der Waals surface area (Å²) in [7, 11) is -2.77. The van der Waals surface area contributed by atoms with Crippen molar-refractivity contribution in [3.8, 4) is 0 Å². The molecule has 1 aliphatic heterocycles. The van der Waals surface area contributed by atoms with Crippen LogP contribution in [0, 0.1) is 5.92 Å². The molecule has 0 aromatic rings. The van der Waals surface area contributed by atoms with Crippen molar-refractivity contribution in [3.05, 3.63) is 0 Å². The molecule has 0 amide bonds. The molecule has 0 aromatic carbocycles. The van der Waals surface area contributed by atoms with E-state index >= 15 is 0 Å². The molecule has 1 atom stereocenters. The zero-order chi connectivity index (χ0) is 10.1. The Balaban J connectivity index is 2.50. The number of hydrogen-bond acceptors (Lipinski definition) is 4.